The molecule has 3 aromatic heterocycles. The van der Waals surface area contributed by atoms with Crippen LogP contribution < -0.4 is 5.32 Å². The minimum Gasteiger partial charge on any atom is -0.379 e. The van der Waals surface area contributed by atoms with Crippen molar-refractivity contribution in [1.82, 2.24) is 24.6 Å². The van der Waals surface area contributed by atoms with E-state index in [1.807, 2.05) is 25.4 Å². The third-order valence-electron chi connectivity index (χ3n) is 4.34. The summed E-state index contributed by atoms with van der Waals surface area (Å²) in [4.78, 5) is 23.1. The Morgan fingerprint density at radius 2 is 1.96 bits per heavy atom. The Morgan fingerprint density at radius 3 is 2.73 bits per heavy atom. The van der Waals surface area contributed by atoms with Crippen LogP contribution in [-0.2, 0) is 16.6 Å². The summed E-state index contributed by atoms with van der Waals surface area (Å²) in [5, 5.41) is 8.94. The molecule has 0 aliphatic carbocycles. The summed E-state index contributed by atoms with van der Waals surface area (Å²) < 4.78 is 7.04. The Labute approximate surface area is 150 Å². The van der Waals surface area contributed by atoms with E-state index in [1.165, 1.54) is 0 Å². The van der Waals surface area contributed by atoms with Crippen molar-refractivity contribution in [3.05, 3.63) is 36.9 Å². The summed E-state index contributed by atoms with van der Waals surface area (Å²) in [5.41, 5.74) is 1.78. The summed E-state index contributed by atoms with van der Waals surface area (Å²) in [6.45, 7) is 3.25. The molecule has 0 radical (unpaired) electrons. The fourth-order valence-corrected chi connectivity index (χ4v) is 2.96. The van der Waals surface area contributed by atoms with Crippen LogP contribution in [0.25, 0.3) is 22.0 Å². The van der Waals surface area contributed by atoms with Gasteiger partial charge >= 0.3 is 0 Å². The number of hydrogen-bond acceptors (Lipinski definition) is 6. The maximum atomic E-state index is 12.3. The van der Waals surface area contributed by atoms with E-state index in [-0.39, 0.29) is 5.91 Å². The summed E-state index contributed by atoms with van der Waals surface area (Å²) >= 11 is 0. The van der Waals surface area contributed by atoms with Crippen molar-refractivity contribution in [3.63, 3.8) is 0 Å². The summed E-state index contributed by atoms with van der Waals surface area (Å²) in [6.07, 6.45) is 7.20. The van der Waals surface area contributed by atoms with Gasteiger partial charge in [-0.05, 0) is 17.5 Å². The predicted octanol–water partition coefficient (Wildman–Crippen LogP) is 1.30. The second-order valence-electron chi connectivity index (χ2n) is 6.33. The fourth-order valence-electron chi connectivity index (χ4n) is 2.96. The maximum absolute atomic E-state index is 12.3. The third kappa shape index (κ3) is 3.71. The highest BCUT2D eigenvalue weighted by atomic mass is 16.5. The molecule has 3 aromatic rings. The van der Waals surface area contributed by atoms with E-state index in [0.717, 1.165) is 35.1 Å². The molecule has 0 bridgehead atoms. The van der Waals surface area contributed by atoms with Crippen LogP contribution in [0.5, 0.6) is 0 Å². The number of morpholine rings is 1. The zero-order chi connectivity index (χ0) is 17.9. The van der Waals surface area contributed by atoms with Gasteiger partial charge in [-0.15, -0.1) is 0 Å². The Balaban J connectivity index is 1.51. The third-order valence-corrected chi connectivity index (χ3v) is 4.34. The molecule has 4 rings (SSSR count). The number of carbonyl (C=O) groups excluding carboxylic acids is 1. The zero-order valence-corrected chi connectivity index (χ0v) is 14.6. The van der Waals surface area contributed by atoms with Crippen molar-refractivity contribution in [3.8, 4) is 11.3 Å². The maximum Gasteiger partial charge on any atom is 0.239 e. The lowest BCUT2D eigenvalue weighted by Crippen LogP contribution is -2.41. The van der Waals surface area contributed by atoms with Gasteiger partial charge in [-0.25, -0.2) is 4.98 Å². The van der Waals surface area contributed by atoms with Crippen LogP contribution in [0.2, 0.25) is 0 Å². The number of amides is 1. The topological polar surface area (TPSA) is 85.2 Å². The number of aromatic nitrogens is 4. The molecule has 134 valence electrons. The lowest BCUT2D eigenvalue weighted by molar-refractivity contribution is -0.118. The Bertz CT molecular complexity index is 932. The number of rotatable bonds is 4. The molecule has 1 aliphatic heterocycles. The van der Waals surface area contributed by atoms with E-state index >= 15 is 0 Å². The molecule has 0 atom stereocenters. The van der Waals surface area contributed by atoms with Crippen LogP contribution in [0.1, 0.15) is 0 Å². The molecule has 0 spiro atoms. The van der Waals surface area contributed by atoms with Crippen LogP contribution in [0, 0.1) is 0 Å². The molecule has 0 saturated carbocycles. The number of nitrogens with zero attached hydrogens (tertiary/aromatic N) is 5. The van der Waals surface area contributed by atoms with Gasteiger partial charge in [-0.3, -0.25) is 19.4 Å². The standard InChI is InChI=1S/C18H20N6O2/c1-23-11-15(10-21-23)16-6-13-7-17(20-9-14(13)8-19-16)22-18(25)12-24-2-4-26-5-3-24/h6-11H,2-5,12H2,1H3,(H,20,22,25). The van der Waals surface area contributed by atoms with Gasteiger partial charge in [0.15, 0.2) is 0 Å². The molecule has 4 heterocycles. The molecule has 1 fully saturated rings. The average molecular weight is 352 g/mol. The van der Waals surface area contributed by atoms with E-state index in [9.17, 15) is 4.79 Å². The Hall–Kier alpha value is -2.84. The SMILES string of the molecule is Cn1cc(-c2cc3cc(NC(=O)CN4CCOCC4)ncc3cn2)cn1. The minimum absolute atomic E-state index is 0.0692. The normalized spacial score (nSPS) is 15.3. The monoisotopic (exact) mass is 352 g/mol. The Kier molecular flexibility index (Phi) is 4.59. The summed E-state index contributed by atoms with van der Waals surface area (Å²) in [7, 11) is 1.87. The highest BCUT2D eigenvalue weighted by molar-refractivity contribution is 5.94. The first kappa shape index (κ1) is 16.6. The molecular formula is C18H20N6O2. The van der Waals surface area contributed by atoms with Crippen molar-refractivity contribution < 1.29 is 9.53 Å². The molecule has 0 unspecified atom stereocenters. The van der Waals surface area contributed by atoms with Gasteiger partial charge in [0.1, 0.15) is 5.82 Å². The number of anilines is 1. The minimum atomic E-state index is -0.0692. The molecule has 0 aromatic carbocycles. The van der Waals surface area contributed by atoms with Gasteiger partial charge in [0.25, 0.3) is 0 Å². The number of hydrogen-bond donors (Lipinski definition) is 1. The Morgan fingerprint density at radius 1 is 1.15 bits per heavy atom. The van der Waals surface area contributed by atoms with Crippen molar-refractivity contribution in [2.75, 3.05) is 38.2 Å². The number of pyridine rings is 2. The molecule has 8 heteroatoms. The molecule has 1 amide bonds. The van der Waals surface area contributed by atoms with Gasteiger partial charge in [0.05, 0.1) is 31.6 Å². The van der Waals surface area contributed by atoms with Gasteiger partial charge in [-0.2, -0.15) is 5.10 Å². The summed E-state index contributed by atoms with van der Waals surface area (Å²) in [6, 6.07) is 3.85. The molecule has 26 heavy (non-hydrogen) atoms. The number of carbonyl (C=O) groups is 1. The van der Waals surface area contributed by atoms with Gasteiger partial charge in [-0.1, -0.05) is 0 Å². The van der Waals surface area contributed by atoms with E-state index in [0.29, 0.717) is 25.6 Å². The fraction of sp³-hybridized carbons (Fsp3) is 0.333. The predicted molar refractivity (Wildman–Crippen MR) is 97.6 cm³/mol. The molecule has 1 saturated heterocycles. The second kappa shape index (κ2) is 7.19. The van der Waals surface area contributed by atoms with Crippen molar-refractivity contribution in [2.45, 2.75) is 0 Å². The number of nitrogens with one attached hydrogen (secondary N) is 1. The van der Waals surface area contributed by atoms with Crippen molar-refractivity contribution in [1.29, 1.82) is 0 Å². The number of fused-ring (bicyclic) bond motifs is 1. The molecular weight excluding hydrogens is 332 g/mol. The van der Waals surface area contributed by atoms with Crippen LogP contribution in [0.3, 0.4) is 0 Å². The van der Waals surface area contributed by atoms with Crippen LogP contribution >= 0.6 is 0 Å². The van der Waals surface area contributed by atoms with Crippen LogP contribution in [-0.4, -0.2) is 63.4 Å². The van der Waals surface area contributed by atoms with Gasteiger partial charge in [0, 0.05) is 49.7 Å². The first-order valence-corrected chi connectivity index (χ1v) is 8.52. The zero-order valence-electron chi connectivity index (χ0n) is 14.6. The van der Waals surface area contributed by atoms with Crippen molar-refractivity contribution >= 4 is 22.5 Å². The second-order valence-corrected chi connectivity index (χ2v) is 6.33. The van der Waals surface area contributed by atoms with Gasteiger partial charge < -0.3 is 10.1 Å². The lowest BCUT2D eigenvalue weighted by Gasteiger charge is -2.25. The highest BCUT2D eigenvalue weighted by Gasteiger charge is 2.14. The van der Waals surface area contributed by atoms with E-state index in [4.69, 9.17) is 4.74 Å². The van der Waals surface area contributed by atoms with Crippen LogP contribution in [0.4, 0.5) is 5.82 Å². The first-order chi connectivity index (χ1) is 12.7. The number of ether oxygens (including phenoxy) is 1. The quantitative estimate of drug-likeness (QED) is 0.762. The number of aryl methyl sites for hydroxylation is 1. The molecule has 8 nitrogen and oxygen atoms in total. The van der Waals surface area contributed by atoms with Gasteiger partial charge in [0.2, 0.25) is 5.91 Å². The summed E-state index contributed by atoms with van der Waals surface area (Å²) in [5.74, 6) is 0.472. The first-order valence-electron chi connectivity index (χ1n) is 8.52. The van der Waals surface area contributed by atoms with Crippen molar-refractivity contribution in [2.24, 2.45) is 7.05 Å². The van der Waals surface area contributed by atoms with E-state index in [1.54, 1.807) is 23.3 Å². The molecule has 1 N–H and O–H groups in total. The lowest BCUT2D eigenvalue weighted by atomic mass is 10.1. The van der Waals surface area contributed by atoms with Crippen LogP contribution in [0.15, 0.2) is 36.9 Å². The van der Waals surface area contributed by atoms with E-state index < -0.39 is 0 Å². The average Bonchev–Trinajstić information content (AvgIpc) is 3.08. The largest absolute Gasteiger partial charge is 0.379 e. The highest BCUT2D eigenvalue weighted by Crippen LogP contribution is 2.22. The molecule has 1 aliphatic rings. The smallest absolute Gasteiger partial charge is 0.239 e. The van der Waals surface area contributed by atoms with E-state index in [2.05, 4.69) is 25.3 Å².